The number of nitrogens with two attached hydrogens (primary N) is 1. The summed E-state index contributed by atoms with van der Waals surface area (Å²) in [5.41, 5.74) is 6.46. The smallest absolute Gasteiger partial charge is 0.223 e. The lowest BCUT2D eigenvalue weighted by atomic mass is 10.3. The van der Waals surface area contributed by atoms with E-state index in [0.29, 0.717) is 12.5 Å². The summed E-state index contributed by atoms with van der Waals surface area (Å²) < 4.78 is 5.31. The second-order valence-electron chi connectivity index (χ2n) is 2.81. The van der Waals surface area contributed by atoms with Gasteiger partial charge in [0.1, 0.15) is 0 Å². The van der Waals surface area contributed by atoms with Crippen LogP contribution in [0.15, 0.2) is 24.4 Å². The van der Waals surface area contributed by atoms with Gasteiger partial charge in [-0.25, -0.2) is 4.98 Å². The number of anilines is 1. The molecule has 0 saturated carbocycles. The third-order valence-electron chi connectivity index (χ3n) is 1.43. The van der Waals surface area contributed by atoms with Gasteiger partial charge in [0.05, 0.1) is 6.61 Å². The van der Waals surface area contributed by atoms with E-state index in [1.807, 2.05) is 6.92 Å². The summed E-state index contributed by atoms with van der Waals surface area (Å²) in [6.07, 6.45) is 2.39. The van der Waals surface area contributed by atoms with E-state index >= 15 is 0 Å². The van der Waals surface area contributed by atoms with Crippen molar-refractivity contribution in [3.05, 3.63) is 24.4 Å². The van der Waals surface area contributed by atoms with Gasteiger partial charge in [0.2, 0.25) is 11.8 Å². The molecule has 0 bridgehead atoms. The quantitative estimate of drug-likeness (QED) is 0.710. The van der Waals surface area contributed by atoms with Crippen LogP contribution in [0.2, 0.25) is 0 Å². The normalized spacial score (nSPS) is 9.62. The van der Waals surface area contributed by atoms with Gasteiger partial charge in [0, 0.05) is 18.7 Å². The van der Waals surface area contributed by atoms with Crippen molar-refractivity contribution in [1.82, 2.24) is 9.97 Å². The maximum atomic E-state index is 5.37. The molecule has 0 spiro atoms. The number of nitrogens with zero attached hydrogens (tertiary/aromatic N) is 2. The van der Waals surface area contributed by atoms with Crippen LogP contribution in [-0.4, -0.2) is 16.6 Å². The molecule has 0 radical (unpaired) electrons. The first-order chi connectivity index (χ1) is 6.18. The van der Waals surface area contributed by atoms with Crippen LogP contribution >= 0.6 is 0 Å². The Morgan fingerprint density at radius 3 is 3.08 bits per heavy atom. The van der Waals surface area contributed by atoms with Gasteiger partial charge < -0.3 is 10.5 Å². The second kappa shape index (κ2) is 4.45. The number of rotatable bonds is 4. The first-order valence-corrected chi connectivity index (χ1v) is 4.04. The van der Waals surface area contributed by atoms with E-state index < -0.39 is 0 Å². The van der Waals surface area contributed by atoms with Crippen LogP contribution in [0.25, 0.3) is 0 Å². The molecule has 0 aliphatic rings. The van der Waals surface area contributed by atoms with Crippen molar-refractivity contribution >= 4 is 5.95 Å². The van der Waals surface area contributed by atoms with Gasteiger partial charge in [0.15, 0.2) is 0 Å². The standard InChI is InChI=1S/C9H13N3O/c1-7(2)4-6-13-8-3-5-11-9(10)12-8/h3,5H,1,4,6H2,2H3,(H2,10,11,12). The first-order valence-electron chi connectivity index (χ1n) is 4.04. The molecule has 13 heavy (non-hydrogen) atoms. The summed E-state index contributed by atoms with van der Waals surface area (Å²) in [6.45, 7) is 6.30. The molecule has 70 valence electrons. The van der Waals surface area contributed by atoms with Crippen LogP contribution in [0, 0.1) is 0 Å². The van der Waals surface area contributed by atoms with Gasteiger partial charge in [-0.2, -0.15) is 4.98 Å². The summed E-state index contributed by atoms with van der Waals surface area (Å²) in [5.74, 6) is 0.738. The minimum absolute atomic E-state index is 0.229. The van der Waals surface area contributed by atoms with Crippen molar-refractivity contribution in [3.8, 4) is 5.88 Å². The molecule has 2 N–H and O–H groups in total. The molecule has 0 fully saturated rings. The molecule has 0 aliphatic heterocycles. The monoisotopic (exact) mass is 179 g/mol. The first kappa shape index (κ1) is 9.51. The fourth-order valence-electron chi connectivity index (χ4n) is 0.767. The highest BCUT2D eigenvalue weighted by Crippen LogP contribution is 2.07. The zero-order chi connectivity index (χ0) is 9.68. The zero-order valence-corrected chi connectivity index (χ0v) is 7.66. The van der Waals surface area contributed by atoms with Gasteiger partial charge in [-0.1, -0.05) is 5.57 Å². The largest absolute Gasteiger partial charge is 0.477 e. The van der Waals surface area contributed by atoms with Gasteiger partial charge in [-0.3, -0.25) is 0 Å². The van der Waals surface area contributed by atoms with Crippen molar-refractivity contribution in [1.29, 1.82) is 0 Å². The predicted octanol–water partition coefficient (Wildman–Crippen LogP) is 1.40. The Morgan fingerprint density at radius 2 is 2.46 bits per heavy atom. The molecule has 1 aromatic heterocycles. The van der Waals surface area contributed by atoms with Crippen molar-refractivity contribution in [3.63, 3.8) is 0 Å². The minimum atomic E-state index is 0.229. The fourth-order valence-corrected chi connectivity index (χ4v) is 0.767. The Hall–Kier alpha value is -1.58. The fraction of sp³-hybridized carbons (Fsp3) is 0.333. The van der Waals surface area contributed by atoms with Gasteiger partial charge in [-0.05, 0) is 6.92 Å². The SMILES string of the molecule is C=C(C)CCOc1ccnc(N)n1. The molecule has 0 unspecified atom stereocenters. The van der Waals surface area contributed by atoms with E-state index in [4.69, 9.17) is 10.5 Å². The van der Waals surface area contributed by atoms with Crippen molar-refractivity contribution in [2.75, 3.05) is 12.3 Å². The minimum Gasteiger partial charge on any atom is -0.477 e. The summed E-state index contributed by atoms with van der Waals surface area (Å²) >= 11 is 0. The molecular weight excluding hydrogens is 166 g/mol. The van der Waals surface area contributed by atoms with Crippen LogP contribution in [0.1, 0.15) is 13.3 Å². The lowest BCUT2D eigenvalue weighted by molar-refractivity contribution is 0.309. The maximum Gasteiger partial charge on any atom is 0.223 e. The molecule has 1 heterocycles. The lowest BCUT2D eigenvalue weighted by Crippen LogP contribution is -2.01. The molecule has 4 nitrogen and oxygen atoms in total. The maximum absolute atomic E-state index is 5.37. The number of ether oxygens (including phenoxy) is 1. The number of aromatic nitrogens is 2. The van der Waals surface area contributed by atoms with E-state index in [2.05, 4.69) is 16.5 Å². The molecule has 0 saturated heterocycles. The number of hydrogen-bond acceptors (Lipinski definition) is 4. The lowest BCUT2D eigenvalue weighted by Gasteiger charge is -2.04. The molecular formula is C9H13N3O. The van der Waals surface area contributed by atoms with Gasteiger partial charge in [-0.15, -0.1) is 6.58 Å². The third kappa shape index (κ3) is 3.55. The summed E-state index contributed by atoms with van der Waals surface area (Å²) in [5, 5.41) is 0. The summed E-state index contributed by atoms with van der Waals surface area (Å²) in [6, 6.07) is 1.68. The van der Waals surface area contributed by atoms with E-state index in [1.54, 1.807) is 12.3 Å². The van der Waals surface area contributed by atoms with Crippen molar-refractivity contribution in [2.24, 2.45) is 0 Å². The van der Waals surface area contributed by atoms with Crippen molar-refractivity contribution in [2.45, 2.75) is 13.3 Å². The Bertz CT molecular complexity index is 299. The van der Waals surface area contributed by atoms with Gasteiger partial charge in [0.25, 0.3) is 0 Å². The highest BCUT2D eigenvalue weighted by atomic mass is 16.5. The molecule has 1 rings (SSSR count). The van der Waals surface area contributed by atoms with Crippen molar-refractivity contribution < 1.29 is 4.74 Å². The topological polar surface area (TPSA) is 61.0 Å². The average Bonchev–Trinajstić information content (AvgIpc) is 2.03. The Morgan fingerprint density at radius 1 is 1.69 bits per heavy atom. The van der Waals surface area contributed by atoms with Crippen LogP contribution in [0.5, 0.6) is 5.88 Å². The third-order valence-corrected chi connectivity index (χ3v) is 1.43. The van der Waals surface area contributed by atoms with Gasteiger partial charge >= 0.3 is 0 Å². The highest BCUT2D eigenvalue weighted by Gasteiger charge is 1.95. The Balaban J connectivity index is 2.41. The van der Waals surface area contributed by atoms with E-state index in [1.165, 1.54) is 0 Å². The molecule has 1 aromatic rings. The summed E-state index contributed by atoms with van der Waals surface area (Å²) in [4.78, 5) is 7.64. The molecule has 4 heteroatoms. The van der Waals surface area contributed by atoms with Crippen LogP contribution in [0.3, 0.4) is 0 Å². The molecule has 0 aromatic carbocycles. The number of nitrogen functional groups attached to an aromatic ring is 1. The van der Waals surface area contributed by atoms with E-state index in [-0.39, 0.29) is 5.95 Å². The summed E-state index contributed by atoms with van der Waals surface area (Å²) in [7, 11) is 0. The van der Waals surface area contributed by atoms with E-state index in [0.717, 1.165) is 12.0 Å². The Labute approximate surface area is 77.5 Å². The predicted molar refractivity (Wildman–Crippen MR) is 51.4 cm³/mol. The molecule has 0 atom stereocenters. The van der Waals surface area contributed by atoms with E-state index in [9.17, 15) is 0 Å². The second-order valence-corrected chi connectivity index (χ2v) is 2.81. The Kier molecular flexibility index (Phi) is 3.25. The van der Waals surface area contributed by atoms with Crippen LogP contribution in [0.4, 0.5) is 5.95 Å². The molecule has 0 aliphatic carbocycles. The highest BCUT2D eigenvalue weighted by molar-refractivity contribution is 5.20. The average molecular weight is 179 g/mol. The van der Waals surface area contributed by atoms with Crippen LogP contribution < -0.4 is 10.5 Å². The zero-order valence-electron chi connectivity index (χ0n) is 7.66. The molecule has 0 amide bonds. The van der Waals surface area contributed by atoms with Crippen LogP contribution in [-0.2, 0) is 0 Å². The number of hydrogen-bond donors (Lipinski definition) is 1.